The van der Waals surface area contributed by atoms with Crippen LogP contribution < -0.4 is 10.6 Å². The normalized spacial score (nSPS) is 21.8. The third-order valence-corrected chi connectivity index (χ3v) is 3.82. The van der Waals surface area contributed by atoms with Gasteiger partial charge in [0, 0.05) is 30.9 Å². The van der Waals surface area contributed by atoms with E-state index in [9.17, 15) is 0 Å². The molecule has 1 atom stereocenters. The molecule has 0 amide bonds. The lowest BCUT2D eigenvalue weighted by Crippen LogP contribution is -2.40. The van der Waals surface area contributed by atoms with Crippen molar-refractivity contribution in [2.75, 3.05) is 31.6 Å². The predicted molar refractivity (Wildman–Crippen MR) is 80.3 cm³/mol. The monoisotopic (exact) mass is 277 g/mol. The Bertz CT molecular complexity index is 476. The number of hydrogen-bond donors (Lipinski definition) is 2. The molecule has 6 nitrogen and oxygen atoms in total. The van der Waals surface area contributed by atoms with E-state index in [-0.39, 0.29) is 5.84 Å². The molecule has 1 unspecified atom stereocenters. The van der Waals surface area contributed by atoms with Crippen LogP contribution in [0.25, 0.3) is 0 Å². The minimum Gasteiger partial charge on any atom is -0.409 e. The molecule has 6 heteroatoms. The summed E-state index contributed by atoms with van der Waals surface area (Å²) in [6, 6.07) is 4.09. The lowest BCUT2D eigenvalue weighted by molar-refractivity contribution is 0.318. The molecule has 0 spiro atoms. The second kappa shape index (κ2) is 6.56. The first-order valence-electron chi connectivity index (χ1n) is 7.04. The van der Waals surface area contributed by atoms with Gasteiger partial charge >= 0.3 is 0 Å². The van der Waals surface area contributed by atoms with Crippen LogP contribution >= 0.6 is 0 Å². The number of amidine groups is 1. The lowest BCUT2D eigenvalue weighted by Gasteiger charge is -2.31. The number of pyridine rings is 1. The van der Waals surface area contributed by atoms with Crippen LogP contribution in [0.1, 0.15) is 25.3 Å². The molecule has 1 saturated heterocycles. The van der Waals surface area contributed by atoms with Crippen LogP contribution in [0.3, 0.4) is 0 Å². The van der Waals surface area contributed by atoms with Crippen molar-refractivity contribution in [3.63, 3.8) is 0 Å². The number of hydrogen-bond acceptors (Lipinski definition) is 5. The Kier molecular flexibility index (Phi) is 4.79. The van der Waals surface area contributed by atoms with Crippen molar-refractivity contribution >= 4 is 11.7 Å². The molecule has 0 radical (unpaired) electrons. The molecule has 0 aliphatic carbocycles. The predicted octanol–water partition coefficient (Wildman–Crippen LogP) is 1.10. The van der Waals surface area contributed by atoms with Crippen LogP contribution in [0.4, 0.5) is 5.82 Å². The van der Waals surface area contributed by atoms with Crippen LogP contribution in [0, 0.1) is 0 Å². The Balaban J connectivity index is 2.28. The van der Waals surface area contributed by atoms with Gasteiger partial charge < -0.3 is 20.7 Å². The third-order valence-electron chi connectivity index (χ3n) is 3.82. The van der Waals surface area contributed by atoms with Crippen LogP contribution in [0.2, 0.25) is 0 Å². The molecule has 0 bridgehead atoms. The van der Waals surface area contributed by atoms with Gasteiger partial charge in [-0.1, -0.05) is 12.1 Å². The van der Waals surface area contributed by atoms with Gasteiger partial charge in [-0.05, 0) is 38.6 Å². The number of likely N-dealkylation sites (N-methyl/N-ethyl adjacent to an activating group) is 1. The van der Waals surface area contributed by atoms with Crippen LogP contribution in [-0.4, -0.2) is 53.7 Å². The zero-order valence-corrected chi connectivity index (χ0v) is 12.2. The smallest absolute Gasteiger partial charge is 0.170 e. The molecule has 0 saturated carbocycles. The fourth-order valence-corrected chi connectivity index (χ4v) is 2.69. The molecule has 1 fully saturated rings. The number of aromatic nitrogens is 1. The van der Waals surface area contributed by atoms with Gasteiger partial charge in [0.05, 0.1) is 0 Å². The van der Waals surface area contributed by atoms with E-state index in [1.54, 1.807) is 12.3 Å². The maximum Gasteiger partial charge on any atom is 0.170 e. The second-order valence-electron chi connectivity index (χ2n) is 5.26. The van der Waals surface area contributed by atoms with E-state index < -0.39 is 0 Å². The highest BCUT2D eigenvalue weighted by Crippen LogP contribution is 2.20. The average Bonchev–Trinajstić information content (AvgIpc) is 2.67. The van der Waals surface area contributed by atoms with E-state index in [2.05, 4.69) is 33.9 Å². The first-order chi connectivity index (χ1) is 9.65. The summed E-state index contributed by atoms with van der Waals surface area (Å²) in [5.41, 5.74) is 6.36. The Labute approximate surface area is 119 Å². The lowest BCUT2D eigenvalue weighted by atomic mass is 10.1. The van der Waals surface area contributed by atoms with Gasteiger partial charge in [0.25, 0.3) is 0 Å². The summed E-state index contributed by atoms with van der Waals surface area (Å²) >= 11 is 0. The summed E-state index contributed by atoms with van der Waals surface area (Å²) in [6.07, 6.45) is 3.90. The van der Waals surface area contributed by atoms with E-state index in [1.807, 2.05) is 6.07 Å². The molecule has 1 aliphatic rings. The van der Waals surface area contributed by atoms with Crippen molar-refractivity contribution in [2.24, 2.45) is 10.9 Å². The van der Waals surface area contributed by atoms with Gasteiger partial charge in [0.15, 0.2) is 5.84 Å². The van der Waals surface area contributed by atoms with Gasteiger partial charge in [-0.2, -0.15) is 0 Å². The van der Waals surface area contributed by atoms with Crippen LogP contribution in [0.5, 0.6) is 0 Å². The van der Waals surface area contributed by atoms with Gasteiger partial charge in [-0.15, -0.1) is 0 Å². The Morgan fingerprint density at radius 2 is 2.35 bits per heavy atom. The van der Waals surface area contributed by atoms with Crippen LogP contribution in [-0.2, 0) is 0 Å². The highest BCUT2D eigenvalue weighted by atomic mass is 16.4. The molecule has 1 aromatic heterocycles. The van der Waals surface area contributed by atoms with Crippen molar-refractivity contribution in [3.8, 4) is 0 Å². The van der Waals surface area contributed by atoms with Gasteiger partial charge in [-0.3, -0.25) is 0 Å². The fraction of sp³-hybridized carbons (Fsp3) is 0.571. The Morgan fingerprint density at radius 1 is 1.55 bits per heavy atom. The second-order valence-corrected chi connectivity index (χ2v) is 5.26. The maximum absolute atomic E-state index is 8.79. The molecule has 2 rings (SSSR count). The van der Waals surface area contributed by atoms with E-state index in [4.69, 9.17) is 10.9 Å². The van der Waals surface area contributed by atoms with Crippen molar-refractivity contribution in [1.82, 2.24) is 9.88 Å². The summed E-state index contributed by atoms with van der Waals surface area (Å²) in [4.78, 5) is 9.15. The molecule has 20 heavy (non-hydrogen) atoms. The zero-order chi connectivity index (χ0) is 14.5. The third kappa shape index (κ3) is 3.19. The zero-order valence-electron chi connectivity index (χ0n) is 12.2. The minimum absolute atomic E-state index is 0.119. The summed E-state index contributed by atoms with van der Waals surface area (Å²) in [7, 11) is 2.16. The maximum atomic E-state index is 8.79. The number of nitrogens with two attached hydrogens (primary N) is 1. The highest BCUT2D eigenvalue weighted by molar-refractivity contribution is 5.97. The number of oxime groups is 1. The first kappa shape index (κ1) is 14.6. The summed E-state index contributed by atoms with van der Waals surface area (Å²) in [5.74, 6) is 1.02. The standard InChI is InChI=1S/C14H23N5O/c1-3-12-10-18(2)7-4-8-19(12)13-9-11(5-6-16-13)14(15)17-20/h5-6,9,12,20H,3-4,7-8,10H2,1-2H3,(H2,15,17). The molecule has 1 aromatic rings. The van der Waals surface area contributed by atoms with Crippen LogP contribution in [0.15, 0.2) is 23.5 Å². The molecule has 1 aliphatic heterocycles. The van der Waals surface area contributed by atoms with E-state index in [1.165, 1.54) is 0 Å². The Morgan fingerprint density at radius 3 is 3.05 bits per heavy atom. The largest absolute Gasteiger partial charge is 0.409 e. The highest BCUT2D eigenvalue weighted by Gasteiger charge is 2.23. The van der Waals surface area contributed by atoms with Gasteiger partial charge in [-0.25, -0.2) is 4.98 Å². The summed E-state index contributed by atoms with van der Waals surface area (Å²) in [5, 5.41) is 11.8. The summed E-state index contributed by atoms with van der Waals surface area (Å²) < 4.78 is 0. The SMILES string of the molecule is CCC1CN(C)CCCN1c1cc(/C(N)=N/O)ccn1. The van der Waals surface area contributed by atoms with E-state index >= 15 is 0 Å². The average molecular weight is 277 g/mol. The van der Waals surface area contributed by atoms with Gasteiger partial charge in [0.1, 0.15) is 5.82 Å². The van der Waals surface area contributed by atoms with Crippen molar-refractivity contribution < 1.29 is 5.21 Å². The molecule has 0 aromatic carbocycles. The number of anilines is 1. The van der Waals surface area contributed by atoms with Crippen molar-refractivity contribution in [3.05, 3.63) is 23.9 Å². The molecule has 3 N–H and O–H groups in total. The molecular formula is C14H23N5O. The van der Waals surface area contributed by atoms with Crippen molar-refractivity contribution in [2.45, 2.75) is 25.8 Å². The Hall–Kier alpha value is -1.82. The van der Waals surface area contributed by atoms with E-state index in [0.29, 0.717) is 11.6 Å². The van der Waals surface area contributed by atoms with Gasteiger partial charge in [0.2, 0.25) is 0 Å². The first-order valence-corrected chi connectivity index (χ1v) is 7.04. The molecule has 2 heterocycles. The fourth-order valence-electron chi connectivity index (χ4n) is 2.69. The minimum atomic E-state index is 0.119. The molecule has 110 valence electrons. The quantitative estimate of drug-likeness (QED) is 0.374. The molecular weight excluding hydrogens is 254 g/mol. The topological polar surface area (TPSA) is 78.0 Å². The number of rotatable bonds is 3. The van der Waals surface area contributed by atoms with Crippen molar-refractivity contribution in [1.29, 1.82) is 0 Å². The number of nitrogens with zero attached hydrogens (tertiary/aromatic N) is 4. The summed E-state index contributed by atoms with van der Waals surface area (Å²) in [6.45, 7) is 5.32. The van der Waals surface area contributed by atoms with E-state index in [0.717, 1.165) is 38.3 Å².